The first kappa shape index (κ1) is 11.7. The van der Waals surface area contributed by atoms with Crippen LogP contribution in [0, 0.1) is 0 Å². The molecule has 2 N–H and O–H groups in total. The Morgan fingerprint density at radius 2 is 2.13 bits per heavy atom. The van der Waals surface area contributed by atoms with Crippen molar-refractivity contribution >= 4 is 15.7 Å². The van der Waals surface area contributed by atoms with Crippen LogP contribution in [0.1, 0.15) is 6.92 Å². The minimum atomic E-state index is -3.09. The molecule has 0 saturated carbocycles. The van der Waals surface area contributed by atoms with Crippen molar-refractivity contribution in [3.05, 3.63) is 22.5 Å². The van der Waals surface area contributed by atoms with Crippen LogP contribution in [-0.4, -0.2) is 29.7 Å². The lowest BCUT2D eigenvalue weighted by Gasteiger charge is -2.04. The molecule has 6 nitrogen and oxygen atoms in total. The van der Waals surface area contributed by atoms with Gasteiger partial charge in [0.2, 0.25) is 0 Å². The van der Waals surface area contributed by atoms with Gasteiger partial charge in [0, 0.05) is 11.8 Å². The number of aromatic nitrogens is 2. The van der Waals surface area contributed by atoms with E-state index in [0.29, 0.717) is 0 Å². The lowest BCUT2D eigenvalue weighted by molar-refractivity contribution is 0.573. The normalized spacial score (nSPS) is 11.5. The third-order valence-corrected chi connectivity index (χ3v) is 3.63. The van der Waals surface area contributed by atoms with Crippen LogP contribution in [0.15, 0.2) is 16.9 Å². The average Bonchev–Trinajstić information content (AvgIpc) is 2.20. The van der Waals surface area contributed by atoms with Crippen LogP contribution in [0.4, 0.5) is 5.82 Å². The molecule has 1 aromatic rings. The summed E-state index contributed by atoms with van der Waals surface area (Å²) in [6.45, 7) is 1.60. The zero-order valence-electron chi connectivity index (χ0n) is 8.38. The fraction of sp³-hybridized carbons (Fsp3) is 0.500. The standard InChI is InChI=1S/C8H13N3O3S/c1-2-15(13,14)6-5-11-8(12)4-3-7(9)10-11/h3-4H,2,5-6H2,1H3,(H2,9,10). The first-order valence-electron chi connectivity index (χ1n) is 4.48. The van der Waals surface area contributed by atoms with Crippen molar-refractivity contribution in [1.29, 1.82) is 0 Å². The summed E-state index contributed by atoms with van der Waals surface area (Å²) in [5.41, 5.74) is 5.03. The molecule has 84 valence electrons. The Bertz CT molecular complexity index is 492. The van der Waals surface area contributed by atoms with Crippen molar-refractivity contribution in [2.24, 2.45) is 0 Å². The summed E-state index contributed by atoms with van der Waals surface area (Å²) in [5.74, 6) is 0.160. The monoisotopic (exact) mass is 231 g/mol. The molecule has 15 heavy (non-hydrogen) atoms. The van der Waals surface area contributed by atoms with Crippen molar-refractivity contribution in [2.75, 3.05) is 17.2 Å². The lowest BCUT2D eigenvalue weighted by atomic mass is 10.5. The van der Waals surface area contributed by atoms with Gasteiger partial charge in [-0.25, -0.2) is 13.1 Å². The maximum atomic E-state index is 11.2. The molecular weight excluding hydrogens is 218 g/mol. The summed E-state index contributed by atoms with van der Waals surface area (Å²) < 4.78 is 23.4. The highest BCUT2D eigenvalue weighted by Crippen LogP contribution is 1.93. The zero-order valence-corrected chi connectivity index (χ0v) is 9.20. The van der Waals surface area contributed by atoms with Gasteiger partial charge < -0.3 is 5.73 Å². The van der Waals surface area contributed by atoms with Gasteiger partial charge in [0.1, 0.15) is 5.82 Å². The molecule has 0 aliphatic heterocycles. The molecule has 7 heteroatoms. The second kappa shape index (κ2) is 4.43. The summed E-state index contributed by atoms with van der Waals surface area (Å²) in [6.07, 6.45) is 0. The van der Waals surface area contributed by atoms with Crippen molar-refractivity contribution in [3.8, 4) is 0 Å². The topological polar surface area (TPSA) is 95.1 Å². The molecule has 1 heterocycles. The van der Waals surface area contributed by atoms with Crippen molar-refractivity contribution in [3.63, 3.8) is 0 Å². The van der Waals surface area contributed by atoms with E-state index in [9.17, 15) is 13.2 Å². The molecule has 1 rings (SSSR count). The predicted octanol–water partition coefficient (Wildman–Crippen LogP) is -0.740. The van der Waals surface area contributed by atoms with Crippen molar-refractivity contribution in [2.45, 2.75) is 13.5 Å². The van der Waals surface area contributed by atoms with Crippen molar-refractivity contribution < 1.29 is 8.42 Å². The Balaban J connectivity index is 2.82. The number of nitrogens with two attached hydrogens (primary N) is 1. The summed E-state index contributed by atoms with van der Waals surface area (Å²) in [5, 5.41) is 3.73. The molecule has 0 aromatic carbocycles. The van der Waals surface area contributed by atoms with E-state index in [1.54, 1.807) is 6.92 Å². The number of aryl methyl sites for hydroxylation is 1. The Hall–Kier alpha value is -1.37. The SMILES string of the molecule is CCS(=O)(=O)CCn1nc(N)ccc1=O. The average molecular weight is 231 g/mol. The van der Waals surface area contributed by atoms with Crippen molar-refractivity contribution in [1.82, 2.24) is 9.78 Å². The van der Waals surface area contributed by atoms with Crippen LogP contribution < -0.4 is 11.3 Å². The molecule has 0 spiro atoms. The Morgan fingerprint density at radius 1 is 1.47 bits per heavy atom. The molecule has 1 aromatic heterocycles. The van der Waals surface area contributed by atoms with E-state index in [0.717, 1.165) is 4.68 Å². The van der Waals surface area contributed by atoms with Gasteiger partial charge in [-0.15, -0.1) is 0 Å². The van der Waals surface area contributed by atoms with E-state index in [-0.39, 0.29) is 29.4 Å². The van der Waals surface area contributed by atoms with Gasteiger partial charge in [-0.1, -0.05) is 6.92 Å². The van der Waals surface area contributed by atoms with Gasteiger partial charge in [-0.3, -0.25) is 4.79 Å². The van der Waals surface area contributed by atoms with E-state index in [2.05, 4.69) is 5.10 Å². The van der Waals surface area contributed by atoms with Gasteiger partial charge in [0.15, 0.2) is 9.84 Å². The molecule has 0 aliphatic carbocycles. The Kier molecular flexibility index (Phi) is 3.46. The molecule has 0 radical (unpaired) electrons. The molecular formula is C8H13N3O3S. The van der Waals surface area contributed by atoms with Crippen LogP contribution in [0.25, 0.3) is 0 Å². The number of hydrogen-bond donors (Lipinski definition) is 1. The maximum Gasteiger partial charge on any atom is 0.266 e. The van der Waals surface area contributed by atoms with Crippen LogP contribution in [0.3, 0.4) is 0 Å². The van der Waals surface area contributed by atoms with Gasteiger partial charge in [-0.2, -0.15) is 5.10 Å². The second-order valence-corrected chi connectivity index (χ2v) is 5.53. The lowest BCUT2D eigenvalue weighted by Crippen LogP contribution is -2.26. The molecule has 0 atom stereocenters. The molecule has 0 bridgehead atoms. The second-order valence-electron chi connectivity index (χ2n) is 3.06. The predicted molar refractivity (Wildman–Crippen MR) is 57.2 cm³/mol. The fourth-order valence-corrected chi connectivity index (χ4v) is 1.73. The van der Waals surface area contributed by atoms with Crippen LogP contribution in [-0.2, 0) is 16.4 Å². The summed E-state index contributed by atoms with van der Waals surface area (Å²) in [6, 6.07) is 2.65. The Morgan fingerprint density at radius 3 is 2.73 bits per heavy atom. The third-order valence-electron chi connectivity index (χ3n) is 1.94. The first-order valence-corrected chi connectivity index (χ1v) is 6.31. The largest absolute Gasteiger partial charge is 0.382 e. The van der Waals surface area contributed by atoms with E-state index in [1.165, 1.54) is 12.1 Å². The summed E-state index contributed by atoms with van der Waals surface area (Å²) in [7, 11) is -3.09. The summed E-state index contributed by atoms with van der Waals surface area (Å²) >= 11 is 0. The number of rotatable bonds is 4. The van der Waals surface area contributed by atoms with E-state index >= 15 is 0 Å². The van der Waals surface area contributed by atoms with E-state index < -0.39 is 9.84 Å². The third kappa shape index (κ3) is 3.35. The number of nitrogens with zero attached hydrogens (tertiary/aromatic N) is 2. The van der Waals surface area contributed by atoms with Gasteiger partial charge in [-0.05, 0) is 6.07 Å². The highest BCUT2D eigenvalue weighted by molar-refractivity contribution is 7.91. The number of nitrogen functional groups attached to an aromatic ring is 1. The van der Waals surface area contributed by atoms with Crippen LogP contribution >= 0.6 is 0 Å². The molecule has 0 aliphatic rings. The Labute approximate surface area is 87.6 Å². The fourth-order valence-electron chi connectivity index (χ4n) is 0.995. The van der Waals surface area contributed by atoms with Gasteiger partial charge in [0.25, 0.3) is 5.56 Å². The van der Waals surface area contributed by atoms with Gasteiger partial charge >= 0.3 is 0 Å². The minimum Gasteiger partial charge on any atom is -0.382 e. The molecule has 0 unspecified atom stereocenters. The minimum absolute atomic E-state index is 0.0417. The molecule has 0 fully saturated rings. The number of hydrogen-bond acceptors (Lipinski definition) is 5. The quantitative estimate of drug-likeness (QED) is 0.736. The van der Waals surface area contributed by atoms with Crippen LogP contribution in [0.5, 0.6) is 0 Å². The molecule has 0 saturated heterocycles. The zero-order chi connectivity index (χ0) is 11.5. The molecule has 0 amide bonds. The number of anilines is 1. The number of sulfone groups is 1. The van der Waals surface area contributed by atoms with Gasteiger partial charge in [0.05, 0.1) is 12.3 Å². The van der Waals surface area contributed by atoms with E-state index in [4.69, 9.17) is 5.73 Å². The maximum absolute atomic E-state index is 11.2. The highest BCUT2D eigenvalue weighted by atomic mass is 32.2. The first-order chi connectivity index (χ1) is 6.94. The smallest absolute Gasteiger partial charge is 0.266 e. The van der Waals surface area contributed by atoms with E-state index in [1.807, 2.05) is 0 Å². The summed E-state index contributed by atoms with van der Waals surface area (Å²) in [4.78, 5) is 11.2. The van der Waals surface area contributed by atoms with Crippen LogP contribution in [0.2, 0.25) is 0 Å². The highest BCUT2D eigenvalue weighted by Gasteiger charge is 2.08.